The van der Waals surface area contributed by atoms with Crippen LogP contribution in [-0.2, 0) is 0 Å². The molecule has 0 aromatic rings. The van der Waals surface area contributed by atoms with E-state index in [2.05, 4.69) is 51.8 Å². The molecule has 0 fully saturated rings. The van der Waals surface area contributed by atoms with Gasteiger partial charge in [0, 0.05) is 0 Å². The van der Waals surface area contributed by atoms with Gasteiger partial charge in [0.05, 0.1) is 12.3 Å². The minimum absolute atomic E-state index is 0.308. The van der Waals surface area contributed by atoms with Crippen molar-refractivity contribution in [3.63, 3.8) is 0 Å². The molecule has 0 aliphatic heterocycles. The molecule has 2 atom stereocenters. The van der Waals surface area contributed by atoms with Gasteiger partial charge in [-0.3, -0.25) is 15.6 Å². The summed E-state index contributed by atoms with van der Waals surface area (Å²) in [5.74, 6) is 6.14. The lowest BCUT2D eigenvalue weighted by Crippen LogP contribution is -2.57. The average Bonchev–Trinajstić information content (AvgIpc) is 2.04. The summed E-state index contributed by atoms with van der Waals surface area (Å²) in [6.45, 7) is 4.32. The van der Waals surface area contributed by atoms with Crippen LogP contribution in [0.15, 0.2) is 0 Å². The first kappa shape index (κ1) is 13.8. The molecule has 0 spiro atoms. The van der Waals surface area contributed by atoms with Crippen molar-refractivity contribution in [2.24, 2.45) is 5.84 Å². The van der Waals surface area contributed by atoms with E-state index in [9.17, 15) is 0 Å². The van der Waals surface area contributed by atoms with Gasteiger partial charge in [0.2, 0.25) is 0 Å². The van der Waals surface area contributed by atoms with Crippen molar-refractivity contribution < 1.29 is 0 Å². The van der Waals surface area contributed by atoms with E-state index in [1.807, 2.05) is 5.01 Å². The molecule has 0 aliphatic carbocycles. The molecule has 0 saturated carbocycles. The Hall–Kier alpha value is -0.160. The minimum Gasteiger partial charge on any atom is -0.293 e. The second-order valence-corrected chi connectivity index (χ2v) is 4.15. The lowest BCUT2D eigenvalue weighted by Gasteiger charge is -2.39. The molecule has 0 radical (unpaired) electrons. The second kappa shape index (κ2) is 6.35. The molecule has 0 heterocycles. The molecule has 0 aliphatic rings. The molecule has 0 aromatic heterocycles. The zero-order valence-corrected chi connectivity index (χ0v) is 10.5. The van der Waals surface area contributed by atoms with Crippen molar-refractivity contribution in [3.05, 3.63) is 0 Å². The van der Waals surface area contributed by atoms with Crippen LogP contribution in [-0.4, -0.2) is 55.3 Å². The first-order valence-corrected chi connectivity index (χ1v) is 5.31. The molecule has 0 amide bonds. The highest BCUT2D eigenvalue weighted by atomic mass is 15.6. The van der Waals surface area contributed by atoms with Crippen molar-refractivity contribution >= 4 is 0 Å². The van der Waals surface area contributed by atoms with Gasteiger partial charge in [-0.05, 0) is 41.0 Å². The fourth-order valence-corrected chi connectivity index (χ4v) is 1.88. The van der Waals surface area contributed by atoms with Gasteiger partial charge in [-0.2, -0.15) is 0 Å². The predicted octanol–water partition coefficient (Wildman–Crippen LogP) is 0.758. The van der Waals surface area contributed by atoms with E-state index in [-0.39, 0.29) is 0 Å². The van der Waals surface area contributed by atoms with E-state index in [0.717, 1.165) is 12.8 Å². The Kier molecular flexibility index (Phi) is 6.27. The lowest BCUT2D eigenvalue weighted by molar-refractivity contribution is -0.0205. The van der Waals surface area contributed by atoms with Gasteiger partial charge in [0.15, 0.2) is 0 Å². The van der Waals surface area contributed by atoms with Gasteiger partial charge >= 0.3 is 0 Å². The van der Waals surface area contributed by atoms with Gasteiger partial charge in [-0.15, -0.1) is 0 Å². The maximum absolute atomic E-state index is 6.14. The summed E-state index contributed by atoms with van der Waals surface area (Å²) in [4.78, 5) is 4.32. The highest BCUT2D eigenvalue weighted by Gasteiger charge is 2.23. The first-order chi connectivity index (χ1) is 6.45. The monoisotopic (exact) mass is 202 g/mol. The van der Waals surface area contributed by atoms with Gasteiger partial charge < -0.3 is 0 Å². The van der Waals surface area contributed by atoms with E-state index >= 15 is 0 Å². The van der Waals surface area contributed by atoms with Crippen molar-refractivity contribution in [2.75, 3.05) is 28.2 Å². The summed E-state index contributed by atoms with van der Waals surface area (Å²) in [5.41, 5.74) is 0. The molecular formula is C10H26N4. The van der Waals surface area contributed by atoms with Crippen LogP contribution in [0.5, 0.6) is 0 Å². The molecule has 4 heteroatoms. The quantitative estimate of drug-likeness (QED) is 0.392. The van der Waals surface area contributed by atoms with Crippen LogP contribution < -0.4 is 5.84 Å². The maximum atomic E-state index is 6.14. The molecule has 0 bridgehead atoms. The van der Waals surface area contributed by atoms with Gasteiger partial charge in [0.25, 0.3) is 0 Å². The zero-order chi connectivity index (χ0) is 11.3. The average molecular weight is 202 g/mol. The maximum Gasteiger partial charge on any atom is 0.0765 e. The van der Waals surface area contributed by atoms with Crippen molar-refractivity contribution in [3.8, 4) is 0 Å². The van der Waals surface area contributed by atoms with Gasteiger partial charge in [0.1, 0.15) is 0 Å². The molecule has 2 unspecified atom stereocenters. The summed E-state index contributed by atoms with van der Waals surface area (Å²) in [6.07, 6.45) is 2.69. The van der Waals surface area contributed by atoms with E-state index in [4.69, 9.17) is 5.84 Å². The van der Waals surface area contributed by atoms with Crippen LogP contribution >= 0.6 is 0 Å². The summed E-state index contributed by atoms with van der Waals surface area (Å²) in [5, 5.41) is 1.94. The van der Waals surface area contributed by atoms with Crippen LogP contribution in [0.1, 0.15) is 26.7 Å². The van der Waals surface area contributed by atoms with Gasteiger partial charge in [-0.25, -0.2) is 5.01 Å². The SMILES string of the molecule is CCC(N(C)C)N(N)C(CC)N(C)C. The standard InChI is InChI=1S/C10H26N4/c1-7-9(12(3)4)14(11)10(8-2)13(5)6/h9-10H,7-8,11H2,1-6H3. The topological polar surface area (TPSA) is 35.7 Å². The Balaban J connectivity index is 4.44. The van der Waals surface area contributed by atoms with E-state index in [1.54, 1.807) is 0 Å². The van der Waals surface area contributed by atoms with Crippen molar-refractivity contribution in [1.82, 2.24) is 14.8 Å². The number of nitrogens with zero attached hydrogens (tertiary/aromatic N) is 3. The largest absolute Gasteiger partial charge is 0.293 e. The molecule has 0 saturated heterocycles. The fourth-order valence-electron chi connectivity index (χ4n) is 1.88. The van der Waals surface area contributed by atoms with E-state index in [1.165, 1.54) is 0 Å². The molecule has 0 rings (SSSR count). The van der Waals surface area contributed by atoms with Crippen LogP contribution in [0, 0.1) is 0 Å². The Morgan fingerprint density at radius 1 is 0.857 bits per heavy atom. The molecule has 86 valence electrons. The van der Waals surface area contributed by atoms with Crippen LogP contribution in [0.25, 0.3) is 0 Å². The van der Waals surface area contributed by atoms with Crippen LogP contribution in [0.3, 0.4) is 0 Å². The van der Waals surface area contributed by atoms with Crippen LogP contribution in [0.4, 0.5) is 0 Å². The number of nitrogens with two attached hydrogens (primary N) is 1. The molecule has 4 nitrogen and oxygen atoms in total. The Bertz CT molecular complexity index is 131. The lowest BCUT2D eigenvalue weighted by atomic mass is 10.2. The predicted molar refractivity (Wildman–Crippen MR) is 61.6 cm³/mol. The number of hydrogen-bond donors (Lipinski definition) is 1. The Labute approximate surface area is 88.6 Å². The molecule has 14 heavy (non-hydrogen) atoms. The number of hydrogen-bond acceptors (Lipinski definition) is 4. The Morgan fingerprint density at radius 2 is 1.14 bits per heavy atom. The Morgan fingerprint density at radius 3 is 1.29 bits per heavy atom. The zero-order valence-electron chi connectivity index (χ0n) is 10.5. The molecule has 2 N–H and O–H groups in total. The molecular weight excluding hydrogens is 176 g/mol. The third kappa shape index (κ3) is 3.53. The highest BCUT2D eigenvalue weighted by Crippen LogP contribution is 2.10. The van der Waals surface area contributed by atoms with Gasteiger partial charge in [-0.1, -0.05) is 13.8 Å². The van der Waals surface area contributed by atoms with Crippen molar-refractivity contribution in [1.29, 1.82) is 0 Å². The second-order valence-electron chi connectivity index (χ2n) is 4.15. The van der Waals surface area contributed by atoms with E-state index < -0.39 is 0 Å². The number of hydrazine groups is 1. The summed E-state index contributed by atoms with van der Waals surface area (Å²) < 4.78 is 0. The van der Waals surface area contributed by atoms with E-state index in [0.29, 0.717) is 12.3 Å². The summed E-state index contributed by atoms with van der Waals surface area (Å²) in [7, 11) is 8.26. The third-order valence-electron chi connectivity index (χ3n) is 2.61. The third-order valence-corrected chi connectivity index (χ3v) is 2.61. The summed E-state index contributed by atoms with van der Waals surface area (Å²) >= 11 is 0. The smallest absolute Gasteiger partial charge is 0.0765 e. The van der Waals surface area contributed by atoms with Crippen molar-refractivity contribution in [2.45, 2.75) is 39.0 Å². The highest BCUT2D eigenvalue weighted by molar-refractivity contribution is 4.69. The fraction of sp³-hybridized carbons (Fsp3) is 1.00. The van der Waals surface area contributed by atoms with Crippen LogP contribution in [0.2, 0.25) is 0 Å². The number of rotatable bonds is 6. The normalized spacial score (nSPS) is 16.7. The first-order valence-electron chi connectivity index (χ1n) is 5.31. The summed E-state index contributed by atoms with van der Waals surface area (Å²) in [6, 6.07) is 0. The molecule has 0 aromatic carbocycles. The minimum atomic E-state index is 0.308.